The number of hydrogen-bond donors (Lipinski definition) is 2. The molecular weight excluding hydrogens is 491 g/mol. The summed E-state index contributed by atoms with van der Waals surface area (Å²) in [5.74, 6) is 1.31. The minimum absolute atomic E-state index is 0. The van der Waals surface area contributed by atoms with Gasteiger partial charge in [-0.1, -0.05) is 23.7 Å². The summed E-state index contributed by atoms with van der Waals surface area (Å²) >= 11 is 6.23. The lowest BCUT2D eigenvalue weighted by Crippen LogP contribution is -2.45. The van der Waals surface area contributed by atoms with Crippen molar-refractivity contribution in [2.24, 2.45) is 10.9 Å². The number of rotatable bonds is 9. The van der Waals surface area contributed by atoms with Gasteiger partial charge in [-0.05, 0) is 50.0 Å². The maximum atomic E-state index is 6.23. The molecule has 0 amide bonds. The fourth-order valence-electron chi connectivity index (χ4n) is 3.62. The van der Waals surface area contributed by atoms with Gasteiger partial charge in [-0.3, -0.25) is 9.89 Å². The highest BCUT2D eigenvalue weighted by atomic mass is 127. The SMILES string of the molecule is CN=C(NCCOCCOC)NCC1CCCN(C)C1c1cccc(Cl)c1.I. The van der Waals surface area contributed by atoms with Gasteiger partial charge in [0.1, 0.15) is 0 Å². The summed E-state index contributed by atoms with van der Waals surface area (Å²) in [5, 5.41) is 7.57. The zero-order valence-electron chi connectivity index (χ0n) is 17.1. The summed E-state index contributed by atoms with van der Waals surface area (Å²) < 4.78 is 10.4. The first-order valence-corrected chi connectivity index (χ1v) is 10.0. The zero-order chi connectivity index (χ0) is 19.5. The summed E-state index contributed by atoms with van der Waals surface area (Å²) in [7, 11) is 5.66. The normalized spacial score (nSPS) is 20.5. The number of nitrogens with one attached hydrogen (secondary N) is 2. The number of halogens is 2. The van der Waals surface area contributed by atoms with Gasteiger partial charge >= 0.3 is 0 Å². The van der Waals surface area contributed by atoms with E-state index < -0.39 is 0 Å². The van der Waals surface area contributed by atoms with Crippen molar-refractivity contribution in [3.63, 3.8) is 0 Å². The average Bonchev–Trinajstić information content (AvgIpc) is 2.67. The molecular formula is C20H34ClIN4O2. The highest BCUT2D eigenvalue weighted by Gasteiger charge is 2.30. The molecule has 1 aliphatic heterocycles. The molecule has 1 aromatic rings. The Morgan fingerprint density at radius 3 is 2.82 bits per heavy atom. The summed E-state index contributed by atoms with van der Waals surface area (Å²) in [4.78, 5) is 6.75. The molecule has 0 aromatic heterocycles. The van der Waals surface area contributed by atoms with Gasteiger partial charge in [-0.2, -0.15) is 0 Å². The Balaban J connectivity index is 0.00000392. The highest BCUT2D eigenvalue weighted by molar-refractivity contribution is 14.0. The minimum atomic E-state index is 0. The van der Waals surface area contributed by atoms with Crippen LogP contribution >= 0.6 is 35.6 Å². The molecule has 0 aliphatic carbocycles. The molecule has 160 valence electrons. The van der Waals surface area contributed by atoms with Crippen LogP contribution in [0.4, 0.5) is 0 Å². The number of benzene rings is 1. The van der Waals surface area contributed by atoms with Gasteiger partial charge in [0.25, 0.3) is 0 Å². The van der Waals surface area contributed by atoms with Gasteiger partial charge in [0, 0.05) is 38.3 Å². The molecule has 6 nitrogen and oxygen atoms in total. The van der Waals surface area contributed by atoms with Crippen LogP contribution in [0.1, 0.15) is 24.4 Å². The van der Waals surface area contributed by atoms with Crippen molar-refractivity contribution in [1.82, 2.24) is 15.5 Å². The van der Waals surface area contributed by atoms with E-state index in [1.807, 2.05) is 12.1 Å². The molecule has 2 unspecified atom stereocenters. The molecule has 1 saturated heterocycles. The van der Waals surface area contributed by atoms with E-state index in [1.54, 1.807) is 14.2 Å². The molecule has 2 N–H and O–H groups in total. The standard InChI is InChI=1S/C20H33ClN4O2.HI/c1-22-20(23-9-11-27-13-12-26-3)24-15-17-7-5-10-25(2)19(17)16-6-4-8-18(21)14-16;/h4,6,8,14,17,19H,5,7,9-13,15H2,1-3H3,(H2,22,23,24);1H. The van der Waals surface area contributed by atoms with E-state index in [2.05, 4.69) is 39.7 Å². The molecule has 8 heteroatoms. The number of methoxy groups -OCH3 is 1. The second kappa shape index (κ2) is 14.4. The fourth-order valence-corrected chi connectivity index (χ4v) is 3.82. The molecule has 0 saturated carbocycles. The van der Waals surface area contributed by atoms with Crippen molar-refractivity contribution in [1.29, 1.82) is 0 Å². The van der Waals surface area contributed by atoms with Gasteiger partial charge in [0.05, 0.1) is 19.8 Å². The fraction of sp³-hybridized carbons (Fsp3) is 0.650. The summed E-state index contributed by atoms with van der Waals surface area (Å²) in [6.45, 7) is 4.55. The molecule has 0 radical (unpaired) electrons. The molecule has 1 fully saturated rings. The number of aliphatic imine (C=N–C) groups is 1. The van der Waals surface area contributed by atoms with Crippen LogP contribution in [-0.2, 0) is 9.47 Å². The predicted octanol–water partition coefficient (Wildman–Crippen LogP) is 3.17. The van der Waals surface area contributed by atoms with Crippen molar-refractivity contribution >= 4 is 41.5 Å². The van der Waals surface area contributed by atoms with E-state index in [1.165, 1.54) is 18.4 Å². The van der Waals surface area contributed by atoms with Crippen LogP contribution in [0.25, 0.3) is 0 Å². The molecule has 2 rings (SSSR count). The average molecular weight is 525 g/mol. The van der Waals surface area contributed by atoms with E-state index in [0.29, 0.717) is 38.3 Å². The van der Waals surface area contributed by atoms with Crippen molar-refractivity contribution in [3.05, 3.63) is 34.9 Å². The largest absolute Gasteiger partial charge is 0.382 e. The van der Waals surface area contributed by atoms with Gasteiger partial charge in [0.15, 0.2) is 5.96 Å². The molecule has 0 spiro atoms. The quantitative estimate of drug-likeness (QED) is 0.225. The third-order valence-corrected chi connectivity index (χ3v) is 5.16. The molecule has 28 heavy (non-hydrogen) atoms. The van der Waals surface area contributed by atoms with Crippen LogP contribution in [0.3, 0.4) is 0 Å². The second-order valence-electron chi connectivity index (χ2n) is 6.87. The maximum absolute atomic E-state index is 6.23. The number of ether oxygens (including phenoxy) is 2. The Kier molecular flexibility index (Phi) is 13.1. The summed E-state index contributed by atoms with van der Waals surface area (Å²) in [6, 6.07) is 8.60. The third-order valence-electron chi connectivity index (χ3n) is 4.92. The topological polar surface area (TPSA) is 58.1 Å². The number of piperidine rings is 1. The smallest absolute Gasteiger partial charge is 0.191 e. The van der Waals surface area contributed by atoms with Crippen LogP contribution in [0, 0.1) is 5.92 Å². The Morgan fingerprint density at radius 2 is 2.11 bits per heavy atom. The Bertz CT molecular complexity index is 591. The predicted molar refractivity (Wildman–Crippen MR) is 127 cm³/mol. The lowest BCUT2D eigenvalue weighted by atomic mass is 9.85. The van der Waals surface area contributed by atoms with E-state index >= 15 is 0 Å². The molecule has 1 aliphatic rings. The minimum Gasteiger partial charge on any atom is -0.382 e. The molecule has 2 atom stereocenters. The van der Waals surface area contributed by atoms with Crippen LogP contribution < -0.4 is 10.6 Å². The first-order valence-electron chi connectivity index (χ1n) is 9.62. The van der Waals surface area contributed by atoms with Crippen molar-refractivity contribution in [2.45, 2.75) is 18.9 Å². The van der Waals surface area contributed by atoms with Crippen molar-refractivity contribution in [2.75, 3.05) is 60.7 Å². The van der Waals surface area contributed by atoms with Crippen LogP contribution in [0.2, 0.25) is 5.02 Å². The Morgan fingerprint density at radius 1 is 1.29 bits per heavy atom. The van der Waals surface area contributed by atoms with Crippen LogP contribution in [0.5, 0.6) is 0 Å². The first kappa shape index (κ1) is 25.4. The molecule has 0 bridgehead atoms. The van der Waals surface area contributed by atoms with Crippen LogP contribution in [-0.4, -0.2) is 71.5 Å². The van der Waals surface area contributed by atoms with Gasteiger partial charge < -0.3 is 20.1 Å². The first-order chi connectivity index (χ1) is 13.2. The zero-order valence-corrected chi connectivity index (χ0v) is 20.2. The van der Waals surface area contributed by atoms with Crippen molar-refractivity contribution < 1.29 is 9.47 Å². The number of likely N-dealkylation sites (tertiary alicyclic amines) is 1. The Labute approximate surface area is 191 Å². The number of guanidine groups is 1. The van der Waals surface area contributed by atoms with Crippen LogP contribution in [0.15, 0.2) is 29.3 Å². The van der Waals surface area contributed by atoms with Gasteiger partial charge in [-0.15, -0.1) is 24.0 Å². The second-order valence-corrected chi connectivity index (χ2v) is 7.30. The van der Waals surface area contributed by atoms with E-state index in [4.69, 9.17) is 21.1 Å². The number of nitrogens with zero attached hydrogens (tertiary/aromatic N) is 2. The Hall–Kier alpha value is -0.610. The highest BCUT2D eigenvalue weighted by Crippen LogP contribution is 2.35. The number of hydrogen-bond acceptors (Lipinski definition) is 4. The van der Waals surface area contributed by atoms with Gasteiger partial charge in [0.2, 0.25) is 0 Å². The lowest BCUT2D eigenvalue weighted by Gasteiger charge is -2.40. The lowest BCUT2D eigenvalue weighted by molar-refractivity contribution is 0.0733. The maximum Gasteiger partial charge on any atom is 0.191 e. The van der Waals surface area contributed by atoms with Gasteiger partial charge in [-0.25, -0.2) is 0 Å². The summed E-state index contributed by atoms with van der Waals surface area (Å²) in [5.41, 5.74) is 1.28. The molecule has 1 aromatic carbocycles. The van der Waals surface area contributed by atoms with E-state index in [-0.39, 0.29) is 24.0 Å². The third kappa shape index (κ3) is 8.41. The van der Waals surface area contributed by atoms with Crippen molar-refractivity contribution in [3.8, 4) is 0 Å². The van der Waals surface area contributed by atoms with E-state index in [0.717, 1.165) is 24.1 Å². The summed E-state index contributed by atoms with van der Waals surface area (Å²) in [6.07, 6.45) is 2.39. The monoisotopic (exact) mass is 524 g/mol. The molecule has 1 heterocycles. The van der Waals surface area contributed by atoms with E-state index in [9.17, 15) is 0 Å².